The highest BCUT2D eigenvalue weighted by atomic mass is 16.5. The van der Waals surface area contributed by atoms with Crippen LogP contribution in [0.1, 0.15) is 18.2 Å². The maximum absolute atomic E-state index is 8.93. The summed E-state index contributed by atoms with van der Waals surface area (Å²) in [5.41, 5.74) is 2.50. The minimum atomic E-state index is 0.200. The number of rotatable bonds is 2. The number of fused-ring (bicyclic) bond motifs is 1. The topological polar surface area (TPSA) is 46.2 Å². The van der Waals surface area contributed by atoms with Gasteiger partial charge in [0.2, 0.25) is 5.76 Å². The van der Waals surface area contributed by atoms with Crippen LogP contribution in [0.3, 0.4) is 0 Å². The minimum Gasteiger partial charge on any atom is -0.491 e. The van der Waals surface area contributed by atoms with Crippen LogP contribution in [-0.2, 0) is 0 Å². The van der Waals surface area contributed by atoms with Gasteiger partial charge in [-0.1, -0.05) is 24.3 Å². The molecule has 3 heteroatoms. The van der Waals surface area contributed by atoms with E-state index in [1.807, 2.05) is 31.2 Å². The Morgan fingerprint density at radius 3 is 2.81 bits per heavy atom. The highest BCUT2D eigenvalue weighted by Gasteiger charge is 2.17. The molecule has 3 nitrogen and oxygen atoms in total. The lowest BCUT2D eigenvalue weighted by atomic mass is 10.0. The zero-order valence-corrected chi connectivity index (χ0v) is 9.20. The lowest BCUT2D eigenvalue weighted by Crippen LogP contribution is -1.86. The van der Waals surface area contributed by atoms with Crippen LogP contribution in [0.4, 0.5) is 0 Å². The molecular formula is C13H11NO2. The molecule has 0 unspecified atom stereocenters. The third kappa shape index (κ3) is 1.36. The Bertz CT molecular complexity index is 602. The van der Waals surface area contributed by atoms with E-state index < -0.39 is 0 Å². The Balaban J connectivity index is 2.91. The van der Waals surface area contributed by atoms with Crippen LogP contribution in [-0.4, -0.2) is 7.11 Å². The smallest absolute Gasteiger partial charge is 0.246 e. The molecule has 0 bridgehead atoms. The van der Waals surface area contributed by atoms with Crippen molar-refractivity contribution in [1.29, 1.82) is 5.26 Å². The van der Waals surface area contributed by atoms with Gasteiger partial charge >= 0.3 is 0 Å². The van der Waals surface area contributed by atoms with E-state index in [1.165, 1.54) is 7.11 Å². The molecule has 0 saturated carbocycles. The molecule has 0 atom stereocenters. The summed E-state index contributed by atoms with van der Waals surface area (Å²) in [6.45, 7) is 5.82. The molecule has 0 fully saturated rings. The van der Waals surface area contributed by atoms with Gasteiger partial charge in [0.1, 0.15) is 11.7 Å². The predicted octanol–water partition coefficient (Wildman–Crippen LogP) is 3.35. The monoisotopic (exact) mass is 213 g/mol. The fourth-order valence-corrected chi connectivity index (χ4v) is 1.74. The van der Waals surface area contributed by atoms with E-state index in [0.717, 1.165) is 16.5 Å². The normalized spacial score (nSPS) is 10.1. The van der Waals surface area contributed by atoms with Crippen molar-refractivity contribution in [1.82, 2.24) is 0 Å². The molecule has 80 valence electrons. The number of benzene rings is 1. The van der Waals surface area contributed by atoms with Gasteiger partial charge in [-0.25, -0.2) is 0 Å². The SMILES string of the molecule is C=C(C)c1cccc2oc(C#N)c(OC)c12. The van der Waals surface area contributed by atoms with Gasteiger partial charge in [0.15, 0.2) is 5.75 Å². The van der Waals surface area contributed by atoms with Crippen molar-refractivity contribution in [2.24, 2.45) is 0 Å². The Morgan fingerprint density at radius 1 is 1.50 bits per heavy atom. The van der Waals surface area contributed by atoms with Crippen LogP contribution < -0.4 is 4.74 Å². The van der Waals surface area contributed by atoms with E-state index in [1.54, 1.807) is 0 Å². The molecule has 0 aliphatic rings. The Labute approximate surface area is 93.5 Å². The van der Waals surface area contributed by atoms with Gasteiger partial charge in [-0.3, -0.25) is 0 Å². The van der Waals surface area contributed by atoms with E-state index in [2.05, 4.69) is 6.58 Å². The second kappa shape index (κ2) is 3.74. The highest BCUT2D eigenvalue weighted by Crippen LogP contribution is 2.37. The summed E-state index contributed by atoms with van der Waals surface area (Å²) in [6, 6.07) is 7.60. The number of hydrogen-bond donors (Lipinski definition) is 0. The van der Waals surface area contributed by atoms with Crippen molar-refractivity contribution in [3.05, 3.63) is 36.1 Å². The number of ether oxygens (including phenoxy) is 1. The summed E-state index contributed by atoms with van der Waals surface area (Å²) in [4.78, 5) is 0. The summed E-state index contributed by atoms with van der Waals surface area (Å²) < 4.78 is 10.6. The van der Waals surface area contributed by atoms with Crippen LogP contribution in [0.15, 0.2) is 29.2 Å². The molecule has 0 aliphatic carbocycles. The molecule has 1 aromatic heterocycles. The molecule has 0 spiro atoms. The molecule has 0 N–H and O–H groups in total. The van der Waals surface area contributed by atoms with Crippen LogP contribution in [0.5, 0.6) is 5.75 Å². The molecule has 1 aromatic carbocycles. The Hall–Kier alpha value is -2.21. The summed E-state index contributed by atoms with van der Waals surface area (Å²) in [6.07, 6.45) is 0. The number of furan rings is 1. The van der Waals surface area contributed by atoms with Gasteiger partial charge in [0.25, 0.3) is 0 Å². The van der Waals surface area contributed by atoms with Crippen LogP contribution >= 0.6 is 0 Å². The summed E-state index contributed by atoms with van der Waals surface area (Å²) in [7, 11) is 1.53. The standard InChI is InChI=1S/C13H11NO2/c1-8(2)9-5-4-6-10-12(9)13(15-3)11(7-14)16-10/h4-6H,1H2,2-3H3. The quantitative estimate of drug-likeness (QED) is 0.768. The van der Waals surface area contributed by atoms with E-state index in [-0.39, 0.29) is 5.76 Å². The van der Waals surface area contributed by atoms with Gasteiger partial charge in [-0.2, -0.15) is 5.26 Å². The third-order valence-electron chi connectivity index (χ3n) is 2.44. The summed E-state index contributed by atoms with van der Waals surface area (Å²) in [5, 5.41) is 9.75. The molecule has 1 heterocycles. The van der Waals surface area contributed by atoms with E-state index >= 15 is 0 Å². The number of nitriles is 1. The zero-order chi connectivity index (χ0) is 11.7. The third-order valence-corrected chi connectivity index (χ3v) is 2.44. The van der Waals surface area contributed by atoms with Crippen molar-refractivity contribution < 1.29 is 9.15 Å². The van der Waals surface area contributed by atoms with E-state index in [4.69, 9.17) is 14.4 Å². The van der Waals surface area contributed by atoms with Crippen molar-refractivity contribution in [3.8, 4) is 11.8 Å². The second-order valence-electron chi connectivity index (χ2n) is 3.54. The molecule has 0 amide bonds. The largest absolute Gasteiger partial charge is 0.491 e. The summed E-state index contributed by atoms with van der Waals surface area (Å²) >= 11 is 0. The van der Waals surface area contributed by atoms with Crippen LogP contribution in [0, 0.1) is 11.3 Å². The fraction of sp³-hybridized carbons (Fsp3) is 0.154. The van der Waals surface area contributed by atoms with Gasteiger partial charge in [-0.15, -0.1) is 0 Å². The molecule has 0 radical (unpaired) electrons. The van der Waals surface area contributed by atoms with Gasteiger partial charge in [0, 0.05) is 0 Å². The average Bonchev–Trinajstić information content (AvgIpc) is 2.65. The van der Waals surface area contributed by atoms with Crippen molar-refractivity contribution in [2.45, 2.75) is 6.92 Å². The average molecular weight is 213 g/mol. The molecule has 0 aliphatic heterocycles. The van der Waals surface area contributed by atoms with Gasteiger partial charge in [-0.05, 0) is 18.6 Å². The molecule has 2 aromatic rings. The minimum absolute atomic E-state index is 0.200. The first kappa shape index (κ1) is 10.3. The van der Waals surface area contributed by atoms with Crippen LogP contribution in [0.2, 0.25) is 0 Å². The van der Waals surface area contributed by atoms with E-state index in [0.29, 0.717) is 11.3 Å². The van der Waals surface area contributed by atoms with Crippen LogP contribution in [0.25, 0.3) is 16.5 Å². The number of hydrogen-bond acceptors (Lipinski definition) is 3. The molecule has 2 rings (SSSR count). The molecular weight excluding hydrogens is 202 g/mol. The lowest BCUT2D eigenvalue weighted by molar-refractivity contribution is 0.407. The Kier molecular flexibility index (Phi) is 2.41. The first-order valence-electron chi connectivity index (χ1n) is 4.84. The summed E-state index contributed by atoms with van der Waals surface area (Å²) in [5.74, 6) is 0.683. The Morgan fingerprint density at radius 2 is 2.25 bits per heavy atom. The van der Waals surface area contributed by atoms with Gasteiger partial charge < -0.3 is 9.15 Å². The lowest BCUT2D eigenvalue weighted by Gasteiger charge is -2.03. The van der Waals surface area contributed by atoms with Crippen molar-refractivity contribution in [2.75, 3.05) is 7.11 Å². The zero-order valence-electron chi connectivity index (χ0n) is 9.20. The first-order chi connectivity index (χ1) is 7.69. The predicted molar refractivity (Wildman–Crippen MR) is 62.2 cm³/mol. The van der Waals surface area contributed by atoms with E-state index in [9.17, 15) is 0 Å². The number of methoxy groups -OCH3 is 1. The maximum Gasteiger partial charge on any atom is 0.246 e. The van der Waals surface area contributed by atoms with Gasteiger partial charge in [0.05, 0.1) is 12.5 Å². The molecule has 16 heavy (non-hydrogen) atoms. The van der Waals surface area contributed by atoms with Crippen molar-refractivity contribution >= 4 is 16.5 Å². The highest BCUT2D eigenvalue weighted by molar-refractivity contribution is 5.96. The second-order valence-corrected chi connectivity index (χ2v) is 3.54. The maximum atomic E-state index is 8.93. The number of allylic oxidation sites excluding steroid dienone is 1. The molecule has 0 saturated heterocycles. The fourth-order valence-electron chi connectivity index (χ4n) is 1.74. The first-order valence-corrected chi connectivity index (χ1v) is 4.84. The van der Waals surface area contributed by atoms with Crippen molar-refractivity contribution in [3.63, 3.8) is 0 Å². The number of nitrogens with zero attached hydrogens (tertiary/aromatic N) is 1.